The summed E-state index contributed by atoms with van der Waals surface area (Å²) in [5.41, 5.74) is 0.842. The van der Waals surface area contributed by atoms with Gasteiger partial charge in [-0.15, -0.1) is 0 Å². The van der Waals surface area contributed by atoms with Gasteiger partial charge in [-0.3, -0.25) is 9.69 Å². The third-order valence-electron chi connectivity index (χ3n) is 4.70. The van der Waals surface area contributed by atoms with Gasteiger partial charge in [0.1, 0.15) is 0 Å². The summed E-state index contributed by atoms with van der Waals surface area (Å²) in [6.45, 7) is 1.73. The number of ketones is 1. The molecule has 1 aliphatic carbocycles. The largest absolute Gasteiger partial charge is 0.348 e. The molecule has 3 heteroatoms. The third kappa shape index (κ3) is 2.12. The van der Waals surface area contributed by atoms with Crippen LogP contribution in [-0.4, -0.2) is 34.4 Å². The number of hydrogen-bond donors (Lipinski definition) is 0. The number of rotatable bonds is 3. The molecule has 1 aliphatic heterocycles. The van der Waals surface area contributed by atoms with Gasteiger partial charge >= 0.3 is 0 Å². The monoisotopic (exact) mass is 246 g/mol. The minimum atomic E-state index is 0.272. The highest BCUT2D eigenvalue weighted by molar-refractivity contribution is 5.96. The molecule has 1 aromatic rings. The topological polar surface area (TPSA) is 25.2 Å². The lowest BCUT2D eigenvalue weighted by Crippen LogP contribution is -2.38. The molecule has 2 unspecified atom stereocenters. The molecule has 98 valence electrons. The Labute approximate surface area is 109 Å². The summed E-state index contributed by atoms with van der Waals surface area (Å²) in [7, 11) is 1.95. The smallest absolute Gasteiger partial charge is 0.193 e. The van der Waals surface area contributed by atoms with Gasteiger partial charge in [0, 0.05) is 19.3 Å². The Morgan fingerprint density at radius 1 is 1.33 bits per heavy atom. The minimum Gasteiger partial charge on any atom is -0.348 e. The van der Waals surface area contributed by atoms with E-state index in [9.17, 15) is 4.79 Å². The van der Waals surface area contributed by atoms with Crippen LogP contribution in [0, 0.1) is 5.92 Å². The molecule has 1 saturated carbocycles. The van der Waals surface area contributed by atoms with Crippen LogP contribution < -0.4 is 0 Å². The fourth-order valence-corrected chi connectivity index (χ4v) is 3.72. The average molecular weight is 246 g/mol. The number of carbonyl (C=O) groups is 1. The number of carbonyl (C=O) groups excluding carboxylic acids is 1. The zero-order valence-corrected chi connectivity index (χ0v) is 11.1. The van der Waals surface area contributed by atoms with Gasteiger partial charge in [0.2, 0.25) is 0 Å². The van der Waals surface area contributed by atoms with Crippen LogP contribution in [0.25, 0.3) is 0 Å². The molecule has 1 saturated heterocycles. The lowest BCUT2D eigenvalue weighted by Gasteiger charge is -2.31. The van der Waals surface area contributed by atoms with Crippen molar-refractivity contribution in [2.45, 2.75) is 38.1 Å². The molecule has 0 spiro atoms. The fraction of sp³-hybridized carbons (Fsp3) is 0.667. The van der Waals surface area contributed by atoms with Crippen LogP contribution in [0.15, 0.2) is 18.3 Å². The highest BCUT2D eigenvalue weighted by atomic mass is 16.1. The average Bonchev–Trinajstić information content (AvgIpc) is 2.97. The van der Waals surface area contributed by atoms with E-state index in [0.717, 1.165) is 18.2 Å². The van der Waals surface area contributed by atoms with Crippen LogP contribution in [0.1, 0.15) is 42.6 Å². The van der Waals surface area contributed by atoms with E-state index < -0.39 is 0 Å². The second-order valence-electron chi connectivity index (χ2n) is 5.80. The molecular formula is C15H22N2O. The van der Waals surface area contributed by atoms with Crippen LogP contribution in [0.4, 0.5) is 0 Å². The van der Waals surface area contributed by atoms with Gasteiger partial charge in [0.05, 0.1) is 12.2 Å². The van der Waals surface area contributed by atoms with Crippen molar-refractivity contribution in [2.24, 2.45) is 13.0 Å². The van der Waals surface area contributed by atoms with Crippen molar-refractivity contribution in [3.8, 4) is 0 Å². The molecule has 0 bridgehead atoms. The second-order valence-corrected chi connectivity index (χ2v) is 5.80. The lowest BCUT2D eigenvalue weighted by atomic mass is 9.85. The number of fused-ring (bicyclic) bond motifs is 1. The molecule has 3 rings (SSSR count). The summed E-state index contributed by atoms with van der Waals surface area (Å²) < 4.78 is 1.93. The van der Waals surface area contributed by atoms with Gasteiger partial charge in [-0.25, -0.2) is 0 Å². The summed E-state index contributed by atoms with van der Waals surface area (Å²) in [4.78, 5) is 14.7. The quantitative estimate of drug-likeness (QED) is 0.766. The number of nitrogens with zero attached hydrogens (tertiary/aromatic N) is 2. The van der Waals surface area contributed by atoms with Gasteiger partial charge in [0.25, 0.3) is 0 Å². The number of Topliss-reactive ketones (excluding diaryl/α,β-unsaturated/α-hetero) is 1. The van der Waals surface area contributed by atoms with Gasteiger partial charge in [-0.05, 0) is 43.9 Å². The van der Waals surface area contributed by atoms with Crippen molar-refractivity contribution in [3.05, 3.63) is 24.0 Å². The predicted molar refractivity (Wildman–Crippen MR) is 71.7 cm³/mol. The normalized spacial score (nSPS) is 28.3. The molecule has 2 heterocycles. The first kappa shape index (κ1) is 12.0. The van der Waals surface area contributed by atoms with Crippen molar-refractivity contribution < 1.29 is 4.79 Å². The Morgan fingerprint density at radius 3 is 2.94 bits per heavy atom. The molecule has 3 nitrogen and oxygen atoms in total. The highest BCUT2D eigenvalue weighted by Crippen LogP contribution is 2.35. The standard InChI is InChI=1S/C15H22N2O/c1-16-9-4-7-14(16)15(18)11-17-10-8-12-5-2-3-6-13(12)17/h4,7,9,12-13H,2-3,5-6,8,10-11H2,1H3. The zero-order chi connectivity index (χ0) is 12.5. The van der Waals surface area contributed by atoms with Gasteiger partial charge in [-0.1, -0.05) is 12.8 Å². The highest BCUT2D eigenvalue weighted by Gasteiger charge is 2.36. The SMILES string of the molecule is Cn1cccc1C(=O)CN1CCC2CCCCC21. The van der Waals surface area contributed by atoms with E-state index in [1.165, 1.54) is 32.1 Å². The van der Waals surface area contributed by atoms with Crippen LogP contribution >= 0.6 is 0 Å². The second kappa shape index (κ2) is 4.88. The maximum atomic E-state index is 12.3. The Hall–Kier alpha value is -1.09. The molecule has 0 amide bonds. The first-order valence-electron chi connectivity index (χ1n) is 7.14. The summed E-state index contributed by atoms with van der Waals surface area (Å²) in [5, 5.41) is 0. The Balaban J connectivity index is 1.66. The Kier molecular flexibility index (Phi) is 3.25. The minimum absolute atomic E-state index is 0.272. The van der Waals surface area contributed by atoms with E-state index in [-0.39, 0.29) is 5.78 Å². The van der Waals surface area contributed by atoms with Gasteiger partial charge in [-0.2, -0.15) is 0 Å². The Morgan fingerprint density at radius 2 is 2.17 bits per heavy atom. The molecule has 2 fully saturated rings. The van der Waals surface area contributed by atoms with Crippen molar-refractivity contribution in [3.63, 3.8) is 0 Å². The predicted octanol–water partition coefficient (Wildman–Crippen LogP) is 2.47. The Bertz CT molecular complexity index is 437. The molecule has 0 aromatic carbocycles. The molecular weight excluding hydrogens is 224 g/mol. The van der Waals surface area contributed by atoms with E-state index in [4.69, 9.17) is 0 Å². The van der Waals surface area contributed by atoms with Crippen LogP contribution in [0.5, 0.6) is 0 Å². The lowest BCUT2D eigenvalue weighted by molar-refractivity contribution is 0.0888. The van der Waals surface area contributed by atoms with E-state index in [1.54, 1.807) is 0 Å². The molecule has 18 heavy (non-hydrogen) atoms. The third-order valence-corrected chi connectivity index (χ3v) is 4.70. The first-order chi connectivity index (χ1) is 8.75. The summed E-state index contributed by atoms with van der Waals surface area (Å²) in [6.07, 6.45) is 8.65. The zero-order valence-electron chi connectivity index (χ0n) is 11.1. The molecule has 0 N–H and O–H groups in total. The van der Waals surface area contributed by atoms with E-state index in [1.807, 2.05) is 29.9 Å². The van der Waals surface area contributed by atoms with E-state index >= 15 is 0 Å². The van der Waals surface area contributed by atoms with Crippen molar-refractivity contribution >= 4 is 5.78 Å². The van der Waals surface area contributed by atoms with Crippen molar-refractivity contribution in [1.29, 1.82) is 0 Å². The van der Waals surface area contributed by atoms with Crippen LogP contribution in [0.3, 0.4) is 0 Å². The van der Waals surface area contributed by atoms with E-state index in [0.29, 0.717) is 12.6 Å². The molecule has 1 aromatic heterocycles. The first-order valence-corrected chi connectivity index (χ1v) is 7.14. The summed E-state index contributed by atoms with van der Waals surface area (Å²) >= 11 is 0. The summed E-state index contributed by atoms with van der Waals surface area (Å²) in [6, 6.07) is 4.56. The number of aromatic nitrogens is 1. The fourth-order valence-electron chi connectivity index (χ4n) is 3.72. The van der Waals surface area contributed by atoms with Crippen LogP contribution in [-0.2, 0) is 7.05 Å². The van der Waals surface area contributed by atoms with Crippen molar-refractivity contribution in [2.75, 3.05) is 13.1 Å². The molecule has 0 radical (unpaired) electrons. The number of likely N-dealkylation sites (tertiary alicyclic amines) is 1. The maximum Gasteiger partial charge on any atom is 0.193 e. The maximum absolute atomic E-state index is 12.3. The van der Waals surface area contributed by atoms with Gasteiger partial charge < -0.3 is 4.57 Å². The number of aryl methyl sites for hydroxylation is 1. The number of hydrogen-bond acceptors (Lipinski definition) is 2. The molecule has 2 aliphatic rings. The van der Waals surface area contributed by atoms with E-state index in [2.05, 4.69) is 4.90 Å². The molecule has 2 atom stereocenters. The van der Waals surface area contributed by atoms with Crippen LogP contribution in [0.2, 0.25) is 0 Å². The van der Waals surface area contributed by atoms with Crippen molar-refractivity contribution in [1.82, 2.24) is 9.47 Å². The van der Waals surface area contributed by atoms with Gasteiger partial charge in [0.15, 0.2) is 5.78 Å². The summed E-state index contributed by atoms with van der Waals surface area (Å²) in [5.74, 6) is 1.13.